The van der Waals surface area contributed by atoms with E-state index in [1.165, 1.54) is 0 Å². The number of aryl methyl sites for hydroxylation is 1. The number of carbonyl (C=O) groups is 2. The Kier molecular flexibility index (Phi) is 2.90. The summed E-state index contributed by atoms with van der Waals surface area (Å²) >= 11 is 0. The van der Waals surface area contributed by atoms with Crippen molar-refractivity contribution in [2.75, 3.05) is 6.61 Å². The molecule has 0 spiro atoms. The molecular weight excluding hydrogens is 208 g/mol. The molecule has 84 valence electrons. The van der Waals surface area contributed by atoms with Crippen LogP contribution in [0.5, 0.6) is 0 Å². The van der Waals surface area contributed by atoms with Crippen LogP contribution in [-0.4, -0.2) is 24.6 Å². The van der Waals surface area contributed by atoms with E-state index in [0.29, 0.717) is 18.6 Å². The van der Waals surface area contributed by atoms with Gasteiger partial charge in [-0.15, -0.1) is 0 Å². The third kappa shape index (κ3) is 2.21. The maximum Gasteiger partial charge on any atom is 0.347 e. The molecule has 0 amide bonds. The Hall–Kier alpha value is -1.84. The SMILES string of the molecule is Cc1cccc(C(=O)OC2CCOC2=O)c1. The van der Waals surface area contributed by atoms with Crippen LogP contribution < -0.4 is 0 Å². The van der Waals surface area contributed by atoms with Gasteiger partial charge in [-0.25, -0.2) is 9.59 Å². The van der Waals surface area contributed by atoms with E-state index in [9.17, 15) is 9.59 Å². The number of ether oxygens (including phenoxy) is 2. The van der Waals surface area contributed by atoms with E-state index in [1.54, 1.807) is 18.2 Å². The number of carbonyl (C=O) groups excluding carboxylic acids is 2. The van der Waals surface area contributed by atoms with Crippen LogP contribution in [0.25, 0.3) is 0 Å². The Bertz CT molecular complexity index is 425. The molecule has 1 aromatic rings. The van der Waals surface area contributed by atoms with E-state index >= 15 is 0 Å². The Morgan fingerprint density at radius 3 is 2.94 bits per heavy atom. The van der Waals surface area contributed by atoms with Crippen molar-refractivity contribution in [1.82, 2.24) is 0 Å². The number of hydrogen-bond donors (Lipinski definition) is 0. The van der Waals surface area contributed by atoms with E-state index in [2.05, 4.69) is 0 Å². The third-order valence-electron chi connectivity index (χ3n) is 2.39. The van der Waals surface area contributed by atoms with Crippen molar-refractivity contribution in [1.29, 1.82) is 0 Å². The summed E-state index contributed by atoms with van der Waals surface area (Å²) < 4.78 is 9.76. The van der Waals surface area contributed by atoms with Gasteiger partial charge in [-0.05, 0) is 19.1 Å². The van der Waals surface area contributed by atoms with Gasteiger partial charge in [-0.3, -0.25) is 0 Å². The second kappa shape index (κ2) is 4.35. The smallest absolute Gasteiger partial charge is 0.347 e. The summed E-state index contributed by atoms with van der Waals surface area (Å²) in [4.78, 5) is 22.8. The first-order chi connectivity index (χ1) is 7.66. The lowest BCUT2D eigenvalue weighted by Crippen LogP contribution is -2.22. The molecule has 1 aliphatic heterocycles. The highest BCUT2D eigenvalue weighted by Gasteiger charge is 2.30. The summed E-state index contributed by atoms with van der Waals surface area (Å²) in [7, 11) is 0. The van der Waals surface area contributed by atoms with Gasteiger partial charge in [0.15, 0.2) is 0 Å². The van der Waals surface area contributed by atoms with Gasteiger partial charge in [0.25, 0.3) is 0 Å². The first kappa shape index (κ1) is 10.7. The highest BCUT2D eigenvalue weighted by molar-refractivity contribution is 5.91. The quantitative estimate of drug-likeness (QED) is 0.708. The average Bonchev–Trinajstić information content (AvgIpc) is 2.64. The van der Waals surface area contributed by atoms with Crippen molar-refractivity contribution in [3.63, 3.8) is 0 Å². The minimum Gasteiger partial charge on any atom is -0.463 e. The second-order valence-electron chi connectivity index (χ2n) is 3.72. The van der Waals surface area contributed by atoms with Crippen LogP contribution in [0.15, 0.2) is 24.3 Å². The van der Waals surface area contributed by atoms with E-state index < -0.39 is 18.0 Å². The molecule has 0 aliphatic carbocycles. The van der Waals surface area contributed by atoms with Crippen molar-refractivity contribution in [2.45, 2.75) is 19.4 Å². The van der Waals surface area contributed by atoms with Crippen molar-refractivity contribution in [3.05, 3.63) is 35.4 Å². The van der Waals surface area contributed by atoms with Gasteiger partial charge in [0.1, 0.15) is 0 Å². The number of hydrogen-bond acceptors (Lipinski definition) is 4. The zero-order valence-electron chi connectivity index (χ0n) is 8.93. The van der Waals surface area contributed by atoms with Gasteiger partial charge in [0.05, 0.1) is 12.2 Å². The largest absolute Gasteiger partial charge is 0.463 e. The molecule has 1 atom stereocenters. The molecule has 0 bridgehead atoms. The molecule has 0 radical (unpaired) electrons. The number of esters is 2. The number of rotatable bonds is 2. The standard InChI is InChI=1S/C12H12O4/c1-8-3-2-4-9(7-8)11(13)16-10-5-6-15-12(10)14/h2-4,7,10H,5-6H2,1H3. The molecule has 1 unspecified atom stereocenters. The van der Waals surface area contributed by atoms with Crippen molar-refractivity contribution in [3.8, 4) is 0 Å². The summed E-state index contributed by atoms with van der Waals surface area (Å²) in [5.74, 6) is -0.937. The fraction of sp³-hybridized carbons (Fsp3) is 0.333. The van der Waals surface area contributed by atoms with Crippen LogP contribution in [0.1, 0.15) is 22.3 Å². The summed E-state index contributed by atoms with van der Waals surface area (Å²) in [6, 6.07) is 7.05. The zero-order chi connectivity index (χ0) is 11.5. The second-order valence-corrected chi connectivity index (χ2v) is 3.72. The zero-order valence-corrected chi connectivity index (χ0v) is 8.93. The number of cyclic esters (lactones) is 1. The maximum absolute atomic E-state index is 11.7. The maximum atomic E-state index is 11.7. The fourth-order valence-corrected chi connectivity index (χ4v) is 1.55. The summed E-state index contributed by atoms with van der Waals surface area (Å²) in [5.41, 5.74) is 1.43. The molecule has 1 heterocycles. The van der Waals surface area contributed by atoms with Crippen LogP contribution in [0.4, 0.5) is 0 Å². The van der Waals surface area contributed by atoms with E-state index in [0.717, 1.165) is 5.56 Å². The lowest BCUT2D eigenvalue weighted by molar-refractivity contribution is -0.145. The minimum absolute atomic E-state index is 0.324. The van der Waals surface area contributed by atoms with Crippen LogP contribution in [0.3, 0.4) is 0 Å². The molecule has 1 aromatic carbocycles. The highest BCUT2D eigenvalue weighted by Crippen LogP contribution is 2.13. The average molecular weight is 220 g/mol. The van der Waals surface area contributed by atoms with Crippen LogP contribution in [-0.2, 0) is 14.3 Å². The van der Waals surface area contributed by atoms with Gasteiger partial charge in [-0.1, -0.05) is 17.7 Å². The molecule has 1 fully saturated rings. The Morgan fingerprint density at radius 2 is 2.31 bits per heavy atom. The fourth-order valence-electron chi connectivity index (χ4n) is 1.55. The van der Waals surface area contributed by atoms with Crippen LogP contribution >= 0.6 is 0 Å². The summed E-state index contributed by atoms with van der Waals surface area (Å²) in [6.07, 6.45) is -0.302. The monoisotopic (exact) mass is 220 g/mol. The first-order valence-electron chi connectivity index (χ1n) is 5.11. The minimum atomic E-state index is -0.743. The van der Waals surface area contributed by atoms with E-state index in [1.807, 2.05) is 13.0 Å². The molecule has 1 saturated heterocycles. The topological polar surface area (TPSA) is 52.6 Å². The summed E-state index contributed by atoms with van der Waals surface area (Å²) in [5, 5.41) is 0. The molecule has 1 aliphatic rings. The van der Waals surface area contributed by atoms with E-state index in [-0.39, 0.29) is 0 Å². The van der Waals surface area contributed by atoms with Crippen LogP contribution in [0, 0.1) is 6.92 Å². The predicted octanol–water partition coefficient (Wildman–Crippen LogP) is 1.47. The molecule has 2 rings (SSSR count). The molecule has 0 aromatic heterocycles. The number of benzene rings is 1. The summed E-state index contributed by atoms with van der Waals surface area (Å²) in [6.45, 7) is 2.21. The molecule has 0 saturated carbocycles. The molecule has 16 heavy (non-hydrogen) atoms. The molecular formula is C12H12O4. The van der Waals surface area contributed by atoms with Gasteiger partial charge in [-0.2, -0.15) is 0 Å². The molecule has 4 nitrogen and oxygen atoms in total. The van der Waals surface area contributed by atoms with Crippen molar-refractivity contribution < 1.29 is 19.1 Å². The van der Waals surface area contributed by atoms with Crippen molar-refractivity contribution >= 4 is 11.9 Å². The van der Waals surface area contributed by atoms with Gasteiger partial charge >= 0.3 is 11.9 Å². The molecule has 4 heteroatoms. The van der Waals surface area contributed by atoms with E-state index in [4.69, 9.17) is 9.47 Å². The lowest BCUT2D eigenvalue weighted by Gasteiger charge is -2.08. The van der Waals surface area contributed by atoms with Crippen molar-refractivity contribution in [2.24, 2.45) is 0 Å². The Balaban J connectivity index is 2.05. The third-order valence-corrected chi connectivity index (χ3v) is 2.39. The van der Waals surface area contributed by atoms with Gasteiger partial charge < -0.3 is 9.47 Å². The highest BCUT2D eigenvalue weighted by atomic mass is 16.6. The Labute approximate surface area is 93.2 Å². The van der Waals surface area contributed by atoms with Gasteiger partial charge in [0, 0.05) is 6.42 Å². The Morgan fingerprint density at radius 1 is 1.50 bits per heavy atom. The predicted molar refractivity (Wildman–Crippen MR) is 56.0 cm³/mol. The van der Waals surface area contributed by atoms with Crippen LogP contribution in [0.2, 0.25) is 0 Å². The lowest BCUT2D eigenvalue weighted by atomic mass is 10.1. The van der Waals surface area contributed by atoms with Gasteiger partial charge in [0.2, 0.25) is 6.10 Å². The first-order valence-corrected chi connectivity index (χ1v) is 5.11. The normalized spacial score (nSPS) is 19.3. The molecule has 0 N–H and O–H groups in total.